The number of hydrogen-bond acceptors (Lipinski definition) is 6. The van der Waals surface area contributed by atoms with Crippen LogP contribution in [0.4, 0.5) is 5.69 Å². The molecule has 7 heteroatoms. The maximum absolute atomic E-state index is 12.2. The topological polar surface area (TPSA) is 80.9 Å². The number of rotatable bonds is 4. The third-order valence-corrected chi connectivity index (χ3v) is 5.51. The van der Waals surface area contributed by atoms with Crippen molar-refractivity contribution in [1.29, 1.82) is 0 Å². The summed E-state index contributed by atoms with van der Waals surface area (Å²) in [6.07, 6.45) is 2.39. The highest BCUT2D eigenvalue weighted by Gasteiger charge is 2.16. The van der Waals surface area contributed by atoms with Crippen molar-refractivity contribution in [2.24, 2.45) is 5.73 Å². The summed E-state index contributed by atoms with van der Waals surface area (Å²) in [4.78, 5) is 14.1. The molecule has 3 rings (SSSR count). The van der Waals surface area contributed by atoms with E-state index in [-0.39, 0.29) is 11.9 Å². The fourth-order valence-electron chi connectivity index (χ4n) is 2.22. The number of aryl methyl sites for hydroxylation is 1. The summed E-state index contributed by atoms with van der Waals surface area (Å²) >= 11 is 3.04. The van der Waals surface area contributed by atoms with E-state index < -0.39 is 0 Å². The molecule has 114 valence electrons. The van der Waals surface area contributed by atoms with E-state index in [0.29, 0.717) is 10.6 Å². The molecule has 1 atom stereocenters. The zero-order chi connectivity index (χ0) is 15.7. The third-order valence-electron chi connectivity index (χ3n) is 3.30. The van der Waals surface area contributed by atoms with Crippen LogP contribution in [0.5, 0.6) is 0 Å². The largest absolute Gasteiger partial charge is 0.328 e. The first kappa shape index (κ1) is 15.1. The number of nitrogens with two attached hydrogens (primary N) is 1. The van der Waals surface area contributed by atoms with Gasteiger partial charge in [-0.3, -0.25) is 4.79 Å². The Labute approximate surface area is 136 Å². The normalized spacial score (nSPS) is 12.5. The predicted octanol–water partition coefficient (Wildman–Crippen LogP) is 3.20. The summed E-state index contributed by atoms with van der Waals surface area (Å²) in [6, 6.07) is 3.74. The van der Waals surface area contributed by atoms with E-state index in [0.717, 1.165) is 22.2 Å². The van der Waals surface area contributed by atoms with Crippen LogP contribution in [0.25, 0.3) is 10.2 Å². The van der Waals surface area contributed by atoms with Crippen LogP contribution in [0.3, 0.4) is 0 Å². The van der Waals surface area contributed by atoms with E-state index in [1.165, 1.54) is 16.2 Å². The molecule has 1 amide bonds. The molecule has 0 spiro atoms. The van der Waals surface area contributed by atoms with Crippen molar-refractivity contribution in [3.63, 3.8) is 0 Å². The molecule has 3 aromatic rings. The van der Waals surface area contributed by atoms with Gasteiger partial charge in [0.1, 0.15) is 5.52 Å². The van der Waals surface area contributed by atoms with Gasteiger partial charge < -0.3 is 11.1 Å². The molecule has 0 aliphatic heterocycles. The van der Waals surface area contributed by atoms with Crippen LogP contribution in [0, 0.1) is 6.92 Å². The van der Waals surface area contributed by atoms with Gasteiger partial charge in [0.15, 0.2) is 0 Å². The first-order valence-corrected chi connectivity index (χ1v) is 8.60. The number of hydrogen-bond donors (Lipinski definition) is 2. The zero-order valence-corrected chi connectivity index (χ0v) is 13.9. The van der Waals surface area contributed by atoms with Gasteiger partial charge in [0.2, 0.25) is 0 Å². The highest BCUT2D eigenvalue weighted by molar-refractivity contribution is 7.20. The van der Waals surface area contributed by atoms with E-state index in [1.54, 1.807) is 23.6 Å². The molecule has 0 aliphatic carbocycles. The molecule has 0 unspecified atom stereocenters. The second kappa shape index (κ2) is 6.12. The third kappa shape index (κ3) is 2.87. The van der Waals surface area contributed by atoms with E-state index >= 15 is 0 Å². The number of nitrogens with one attached hydrogen (secondary N) is 1. The van der Waals surface area contributed by atoms with E-state index in [2.05, 4.69) is 15.5 Å². The van der Waals surface area contributed by atoms with Crippen LogP contribution in [-0.2, 0) is 6.42 Å². The maximum Gasteiger partial charge on any atom is 0.265 e. The SMILES string of the molecule is Cc1c(C[C@H](C)N)sc2c(NC(=O)c3cccs3)cnnc12. The second-order valence-electron chi connectivity index (χ2n) is 5.20. The van der Waals surface area contributed by atoms with Crippen molar-refractivity contribution in [3.05, 3.63) is 39.0 Å². The number of fused-ring (bicyclic) bond motifs is 1. The molecule has 3 heterocycles. The maximum atomic E-state index is 12.2. The molecule has 5 nitrogen and oxygen atoms in total. The molecule has 0 saturated carbocycles. The van der Waals surface area contributed by atoms with Crippen molar-refractivity contribution in [2.45, 2.75) is 26.3 Å². The van der Waals surface area contributed by atoms with Gasteiger partial charge in [0, 0.05) is 10.9 Å². The highest BCUT2D eigenvalue weighted by Crippen LogP contribution is 2.34. The molecule has 3 N–H and O–H groups in total. The summed E-state index contributed by atoms with van der Waals surface area (Å²) in [5.41, 5.74) is 8.53. The van der Waals surface area contributed by atoms with Crippen molar-refractivity contribution >= 4 is 44.5 Å². The molecular weight excluding hydrogens is 316 g/mol. The Balaban J connectivity index is 1.98. The van der Waals surface area contributed by atoms with Crippen LogP contribution >= 0.6 is 22.7 Å². The number of anilines is 1. The minimum absolute atomic E-state index is 0.0869. The molecule has 22 heavy (non-hydrogen) atoms. The summed E-state index contributed by atoms with van der Waals surface area (Å²) in [6.45, 7) is 4.01. The lowest BCUT2D eigenvalue weighted by molar-refractivity contribution is 0.103. The Morgan fingerprint density at radius 3 is 3.00 bits per heavy atom. The molecule has 0 aliphatic rings. The Morgan fingerprint density at radius 1 is 1.50 bits per heavy atom. The number of aromatic nitrogens is 2. The highest BCUT2D eigenvalue weighted by atomic mass is 32.1. The molecule has 0 aromatic carbocycles. The molecule has 0 fully saturated rings. The van der Waals surface area contributed by atoms with Gasteiger partial charge in [0.05, 0.1) is 21.5 Å². The van der Waals surface area contributed by atoms with E-state index in [9.17, 15) is 4.79 Å². The summed E-state index contributed by atoms with van der Waals surface area (Å²) in [7, 11) is 0. The lowest BCUT2D eigenvalue weighted by atomic mass is 10.1. The number of carbonyl (C=O) groups is 1. The molecule has 0 radical (unpaired) electrons. The number of amides is 1. The first-order chi connectivity index (χ1) is 10.6. The van der Waals surface area contributed by atoms with Crippen LogP contribution < -0.4 is 11.1 Å². The number of carbonyl (C=O) groups excluding carboxylic acids is 1. The van der Waals surface area contributed by atoms with Gasteiger partial charge in [-0.1, -0.05) is 6.07 Å². The van der Waals surface area contributed by atoms with Crippen molar-refractivity contribution < 1.29 is 4.79 Å². The van der Waals surface area contributed by atoms with Crippen LogP contribution in [-0.4, -0.2) is 22.1 Å². The van der Waals surface area contributed by atoms with E-state index in [4.69, 9.17) is 5.73 Å². The summed E-state index contributed by atoms with van der Waals surface area (Å²) in [5, 5.41) is 13.0. The Morgan fingerprint density at radius 2 is 2.32 bits per heavy atom. The van der Waals surface area contributed by atoms with Crippen LogP contribution in [0.1, 0.15) is 27.0 Å². The van der Waals surface area contributed by atoms with Gasteiger partial charge in [-0.2, -0.15) is 5.10 Å². The first-order valence-electron chi connectivity index (χ1n) is 6.90. The standard InChI is InChI=1S/C15H16N4OS2/c1-8(16)6-12-9(2)13-14(22-12)10(7-17-19-13)18-15(20)11-4-3-5-21-11/h3-5,7-8H,6,16H2,1-2H3,(H,18,19,20)/t8-/m0/s1. The summed E-state index contributed by atoms with van der Waals surface area (Å²) in [5.74, 6) is -0.121. The van der Waals surface area contributed by atoms with Crippen molar-refractivity contribution in [1.82, 2.24) is 10.2 Å². The fraction of sp³-hybridized carbons (Fsp3) is 0.267. The van der Waals surface area contributed by atoms with Gasteiger partial charge in [-0.25, -0.2) is 0 Å². The van der Waals surface area contributed by atoms with Gasteiger partial charge in [-0.15, -0.1) is 27.8 Å². The predicted molar refractivity (Wildman–Crippen MR) is 91.8 cm³/mol. The lowest BCUT2D eigenvalue weighted by Gasteiger charge is -2.03. The lowest BCUT2D eigenvalue weighted by Crippen LogP contribution is -2.17. The molecule has 0 bridgehead atoms. The Hall–Kier alpha value is -1.83. The quantitative estimate of drug-likeness (QED) is 0.769. The van der Waals surface area contributed by atoms with E-state index in [1.807, 2.05) is 25.3 Å². The zero-order valence-electron chi connectivity index (χ0n) is 12.3. The summed E-state index contributed by atoms with van der Waals surface area (Å²) < 4.78 is 0.952. The van der Waals surface area contributed by atoms with Crippen molar-refractivity contribution in [2.75, 3.05) is 5.32 Å². The number of nitrogens with zero attached hydrogens (tertiary/aromatic N) is 2. The minimum atomic E-state index is -0.121. The Bertz CT molecular complexity index is 808. The number of thiophene rings is 2. The molecular formula is C15H16N4OS2. The fourth-order valence-corrected chi connectivity index (χ4v) is 4.19. The van der Waals surface area contributed by atoms with Crippen LogP contribution in [0.2, 0.25) is 0 Å². The minimum Gasteiger partial charge on any atom is -0.328 e. The average Bonchev–Trinajstić information content (AvgIpc) is 3.09. The monoisotopic (exact) mass is 332 g/mol. The average molecular weight is 332 g/mol. The van der Waals surface area contributed by atoms with Gasteiger partial charge >= 0.3 is 0 Å². The van der Waals surface area contributed by atoms with Crippen LogP contribution in [0.15, 0.2) is 23.7 Å². The van der Waals surface area contributed by atoms with Crippen molar-refractivity contribution in [3.8, 4) is 0 Å². The molecule has 0 saturated heterocycles. The Kier molecular flexibility index (Phi) is 4.19. The van der Waals surface area contributed by atoms with Gasteiger partial charge in [-0.05, 0) is 37.3 Å². The molecule has 3 aromatic heterocycles. The smallest absolute Gasteiger partial charge is 0.265 e. The second-order valence-corrected chi connectivity index (χ2v) is 7.25. The van der Waals surface area contributed by atoms with Gasteiger partial charge in [0.25, 0.3) is 5.91 Å².